The maximum atomic E-state index is 12.4. The van der Waals surface area contributed by atoms with Crippen molar-refractivity contribution in [2.45, 2.75) is 6.92 Å². The zero-order valence-electron chi connectivity index (χ0n) is 26.9. The average Bonchev–Trinajstić information content (AvgIpc) is 3.01. The molecule has 0 spiro atoms. The van der Waals surface area contributed by atoms with Crippen LogP contribution in [0.1, 0.15) is 16.7 Å². The molecule has 272 valence electrons. The predicted molar refractivity (Wildman–Crippen MR) is 183 cm³/mol. The van der Waals surface area contributed by atoms with E-state index in [-0.39, 0.29) is 75.8 Å². The van der Waals surface area contributed by atoms with E-state index in [0.29, 0.717) is 11.1 Å². The average molecular weight is 751 g/mol. The Kier molecular flexibility index (Phi) is 14.6. The zero-order valence-corrected chi connectivity index (χ0v) is 28.4. The number of carboxylic acid groups (broad SMARTS) is 4. The molecule has 1 aliphatic rings. The fourth-order valence-corrected chi connectivity index (χ4v) is 5.42. The Morgan fingerprint density at radius 1 is 0.824 bits per heavy atom. The van der Waals surface area contributed by atoms with Gasteiger partial charge in [-0.25, -0.2) is 0 Å². The van der Waals surface area contributed by atoms with Crippen molar-refractivity contribution < 1.29 is 69.0 Å². The van der Waals surface area contributed by atoms with Crippen molar-refractivity contribution in [2.24, 2.45) is 0 Å². The van der Waals surface area contributed by atoms with E-state index in [0.717, 1.165) is 15.9 Å². The molecular weight excluding hydrogens is 718 g/mol. The van der Waals surface area contributed by atoms with Crippen molar-refractivity contribution in [1.29, 1.82) is 0 Å². The summed E-state index contributed by atoms with van der Waals surface area (Å²) in [5, 5.41) is 67.5. The van der Waals surface area contributed by atoms with Gasteiger partial charge in [0.05, 0.1) is 42.0 Å². The first-order chi connectivity index (χ1) is 24.0. The van der Waals surface area contributed by atoms with E-state index < -0.39 is 63.0 Å². The molecule has 0 fully saturated rings. The summed E-state index contributed by atoms with van der Waals surface area (Å²) in [7, 11) is -2.15. The molecule has 1 aliphatic carbocycles. The lowest BCUT2D eigenvalue weighted by molar-refractivity contribution is -0.142. The zero-order chi connectivity index (χ0) is 38.0. The minimum atomic E-state index is -2.15. The van der Waals surface area contributed by atoms with Crippen LogP contribution in [-0.2, 0) is 28.7 Å². The number of nitrogens with zero attached hydrogens (tertiary/aromatic N) is 2. The van der Waals surface area contributed by atoms with Gasteiger partial charge in [-0.2, -0.15) is 0 Å². The fourth-order valence-electron chi connectivity index (χ4n) is 5.09. The summed E-state index contributed by atoms with van der Waals surface area (Å²) in [4.78, 5) is 60.1. The van der Waals surface area contributed by atoms with E-state index >= 15 is 0 Å². The van der Waals surface area contributed by atoms with Crippen LogP contribution in [0.5, 0.6) is 11.5 Å². The van der Waals surface area contributed by atoms with Crippen LogP contribution in [0, 0.1) is 6.92 Å². The summed E-state index contributed by atoms with van der Waals surface area (Å²) in [6.45, 7) is -1.38. The molecule has 0 saturated carbocycles. The number of hydrogen-bond donors (Lipinski definition) is 7. The molecule has 19 heteroatoms. The summed E-state index contributed by atoms with van der Waals surface area (Å²) >= 11 is 12.5. The van der Waals surface area contributed by atoms with Crippen molar-refractivity contribution in [3.05, 3.63) is 80.3 Å². The second kappa shape index (κ2) is 18.4. The predicted octanol–water partition coefficient (Wildman–Crippen LogP) is 1.64. The smallest absolute Gasteiger partial charge is 0.489 e. The van der Waals surface area contributed by atoms with Crippen molar-refractivity contribution in [1.82, 2.24) is 4.90 Å². The number of carbonyl (C=O) groups is 5. The number of phenols is 1. The molecular formula is C32H33BCl2N2O14. The minimum Gasteiger partial charge on any atom is -0.506 e. The molecule has 0 aliphatic heterocycles. The first-order valence-corrected chi connectivity index (χ1v) is 15.7. The van der Waals surface area contributed by atoms with Crippen LogP contribution >= 0.6 is 23.2 Å². The van der Waals surface area contributed by atoms with E-state index in [4.69, 9.17) is 42.9 Å². The molecule has 2 aromatic rings. The van der Waals surface area contributed by atoms with Crippen LogP contribution in [0.15, 0.2) is 58.6 Å². The third kappa shape index (κ3) is 11.6. The van der Waals surface area contributed by atoms with E-state index in [1.807, 2.05) is 0 Å². The molecule has 0 heterocycles. The number of ketones is 1. The number of allylic oxidation sites excluding steroid dienone is 5. The third-order valence-electron chi connectivity index (χ3n) is 7.21. The van der Waals surface area contributed by atoms with Gasteiger partial charge in [0.2, 0.25) is 0 Å². The molecule has 2 aromatic carbocycles. The van der Waals surface area contributed by atoms with Gasteiger partial charge in [0, 0.05) is 6.54 Å². The number of aryl methyl sites for hydroxylation is 1. The Labute approximate surface area is 300 Å². The lowest BCUT2D eigenvalue weighted by atomic mass is 9.69. The number of phenolic OH excluding ortho intramolecular Hbond substituents is 1. The molecule has 0 saturated heterocycles. The van der Waals surface area contributed by atoms with Gasteiger partial charge in [0.25, 0.3) is 0 Å². The van der Waals surface area contributed by atoms with Crippen molar-refractivity contribution in [3.8, 4) is 11.5 Å². The second-order valence-electron chi connectivity index (χ2n) is 11.0. The summed E-state index contributed by atoms with van der Waals surface area (Å²) in [6, 6.07) is 7.01. The van der Waals surface area contributed by atoms with Crippen LogP contribution in [0.4, 0.5) is 5.69 Å². The molecule has 0 bridgehead atoms. The van der Waals surface area contributed by atoms with Gasteiger partial charge < -0.3 is 50.0 Å². The maximum Gasteiger partial charge on any atom is 0.489 e. The molecule has 0 atom stereocenters. The summed E-state index contributed by atoms with van der Waals surface area (Å²) in [6.07, 6.45) is 2.16. The lowest BCUT2D eigenvalue weighted by Crippen LogP contribution is -2.37. The number of hydrogen-bond acceptors (Lipinski definition) is 12. The highest BCUT2D eigenvalue weighted by Crippen LogP contribution is 2.42. The van der Waals surface area contributed by atoms with Crippen molar-refractivity contribution >= 4 is 71.2 Å². The van der Waals surface area contributed by atoms with Crippen LogP contribution in [0.25, 0.3) is 5.57 Å². The van der Waals surface area contributed by atoms with E-state index in [1.165, 1.54) is 36.4 Å². The number of rotatable bonds is 19. The van der Waals surface area contributed by atoms with Gasteiger partial charge in [-0.3, -0.25) is 28.9 Å². The monoisotopic (exact) mass is 750 g/mol. The standard InChI is InChI=1S/C32H33BCl2N2O14/c1-17-8-25(38)22(34)10-19(17)32(20-11-23(35)26(39)12-21(20)33(48)49)18-2-3-24(37(15-30(44)45)16-31(46)47)27(9-18)51-7-6-50-5-4-36(13-28(40)41)14-29(42)43/h2-3,8-12,38,48-49H,4-7,13-16H2,1H3,(H,40,41)(H,42,43)(H,44,45)(H,46,47)/b32-20-. The number of aromatic hydroxyl groups is 1. The Hall–Kier alpha value is -4.91. The number of carbonyl (C=O) groups excluding carboxylic acids is 1. The number of anilines is 1. The molecule has 16 nitrogen and oxygen atoms in total. The summed E-state index contributed by atoms with van der Waals surface area (Å²) in [5.74, 6) is -6.16. The van der Waals surface area contributed by atoms with E-state index in [1.54, 1.807) is 6.92 Å². The fraction of sp³-hybridized carbons (Fsp3) is 0.281. The molecule has 0 unspecified atom stereocenters. The number of ether oxygens (including phenoxy) is 2. The van der Waals surface area contributed by atoms with Crippen molar-refractivity contribution in [2.75, 3.05) is 57.4 Å². The quantitative estimate of drug-likeness (QED) is 0.0796. The highest BCUT2D eigenvalue weighted by Gasteiger charge is 2.30. The van der Waals surface area contributed by atoms with Gasteiger partial charge in [-0.1, -0.05) is 29.3 Å². The topological polar surface area (TPSA) is 252 Å². The summed E-state index contributed by atoms with van der Waals surface area (Å²) < 4.78 is 11.5. The highest BCUT2D eigenvalue weighted by atomic mass is 35.5. The molecule has 3 rings (SSSR count). The van der Waals surface area contributed by atoms with Gasteiger partial charge >= 0.3 is 31.0 Å². The van der Waals surface area contributed by atoms with Crippen LogP contribution in [-0.4, -0.2) is 130 Å². The number of carboxylic acids is 4. The summed E-state index contributed by atoms with van der Waals surface area (Å²) in [5.41, 5.74) is 1.14. The molecule has 51 heavy (non-hydrogen) atoms. The molecule has 0 aromatic heterocycles. The number of halogens is 2. The van der Waals surface area contributed by atoms with Crippen LogP contribution in [0.2, 0.25) is 5.02 Å². The lowest BCUT2D eigenvalue weighted by Gasteiger charge is -2.26. The largest absolute Gasteiger partial charge is 0.506 e. The molecule has 0 amide bonds. The SMILES string of the molecule is Cc1cc(O)c(Cl)cc1/C(=C1/C=C(Cl)C(=O)C=C1B(O)O)c1ccc(N(CC(=O)O)CC(=O)O)c(OCCOCCN(CC(=O)O)CC(=O)O)c1. The van der Waals surface area contributed by atoms with Crippen LogP contribution in [0.3, 0.4) is 0 Å². The van der Waals surface area contributed by atoms with Crippen molar-refractivity contribution in [3.63, 3.8) is 0 Å². The van der Waals surface area contributed by atoms with Gasteiger partial charge in [0.15, 0.2) is 5.78 Å². The minimum absolute atomic E-state index is 0.0350. The first kappa shape index (κ1) is 40.5. The highest BCUT2D eigenvalue weighted by molar-refractivity contribution is 6.56. The number of benzene rings is 2. The first-order valence-electron chi connectivity index (χ1n) is 14.9. The van der Waals surface area contributed by atoms with Gasteiger partial charge in [0.1, 0.15) is 31.2 Å². The van der Waals surface area contributed by atoms with E-state index in [2.05, 4.69) is 0 Å². The Balaban J connectivity index is 2.13. The van der Waals surface area contributed by atoms with Gasteiger partial charge in [-0.15, -0.1) is 0 Å². The van der Waals surface area contributed by atoms with E-state index in [9.17, 15) is 49.3 Å². The Bertz CT molecular complexity index is 1760. The second-order valence-corrected chi connectivity index (χ2v) is 11.8. The Morgan fingerprint density at radius 2 is 1.43 bits per heavy atom. The number of aliphatic carboxylic acids is 4. The third-order valence-corrected chi connectivity index (χ3v) is 7.81. The Morgan fingerprint density at radius 3 is 2.00 bits per heavy atom. The maximum absolute atomic E-state index is 12.4. The van der Waals surface area contributed by atoms with Crippen LogP contribution < -0.4 is 9.64 Å². The van der Waals surface area contributed by atoms with Gasteiger partial charge in [-0.05, 0) is 76.7 Å². The normalized spacial score (nSPS) is 13.7. The molecule has 0 radical (unpaired) electrons. The molecule has 7 N–H and O–H groups in total.